The molecule has 1 heterocycles. The maximum Gasteiger partial charge on any atom is 0.161 e. The van der Waals surface area contributed by atoms with Crippen LogP contribution in [-0.4, -0.2) is 13.2 Å². The van der Waals surface area contributed by atoms with E-state index in [9.17, 15) is 0 Å². The smallest absolute Gasteiger partial charge is 0.161 e. The van der Waals surface area contributed by atoms with Gasteiger partial charge in [-0.3, -0.25) is 0 Å². The van der Waals surface area contributed by atoms with E-state index in [2.05, 4.69) is 19.1 Å². The quantitative estimate of drug-likeness (QED) is 0.853. The first-order valence-corrected chi connectivity index (χ1v) is 6.41. The third kappa shape index (κ3) is 1.89. The number of fused-ring (bicyclic) bond motifs is 1. The lowest BCUT2D eigenvalue weighted by Gasteiger charge is -2.33. The average molecular weight is 233 g/mol. The zero-order chi connectivity index (χ0) is 11.8. The first-order chi connectivity index (χ1) is 8.25. The maximum absolute atomic E-state index is 6.34. The maximum atomic E-state index is 6.34. The molecule has 1 aromatic carbocycles. The number of hydrogen-bond donors (Lipinski definition) is 1. The van der Waals surface area contributed by atoms with Gasteiger partial charge in [0.2, 0.25) is 0 Å². The highest BCUT2D eigenvalue weighted by atomic mass is 16.6. The monoisotopic (exact) mass is 233 g/mol. The number of nitrogens with two attached hydrogens (primary N) is 1. The normalized spacial score (nSPS) is 20.8. The minimum Gasteiger partial charge on any atom is -0.486 e. The zero-order valence-corrected chi connectivity index (χ0v) is 10.2. The molecule has 0 radical (unpaired) electrons. The summed E-state index contributed by atoms with van der Waals surface area (Å²) in [5.41, 5.74) is 8.78. The molecule has 1 unspecified atom stereocenters. The van der Waals surface area contributed by atoms with E-state index in [1.54, 1.807) is 0 Å². The molecule has 3 rings (SSSR count). The molecule has 2 N–H and O–H groups in total. The van der Waals surface area contributed by atoms with E-state index in [1.807, 2.05) is 0 Å². The van der Waals surface area contributed by atoms with Gasteiger partial charge in [0.25, 0.3) is 0 Å². The predicted molar refractivity (Wildman–Crippen MR) is 66.4 cm³/mol. The van der Waals surface area contributed by atoms with Crippen molar-refractivity contribution in [2.75, 3.05) is 13.2 Å². The Hall–Kier alpha value is -1.22. The van der Waals surface area contributed by atoms with Gasteiger partial charge in [-0.1, -0.05) is 6.42 Å². The average Bonchev–Trinajstić information content (AvgIpc) is 2.25. The molecule has 1 atom stereocenters. The standard InChI is InChI=1S/C14H19NO2/c1-9-7-12-13(17-6-5-16-12)8-11(9)14(15)10-3-2-4-10/h7-8,10,14H,2-6,15H2,1H3. The fourth-order valence-corrected chi connectivity index (χ4v) is 2.62. The van der Waals surface area contributed by atoms with Gasteiger partial charge in [0.1, 0.15) is 13.2 Å². The van der Waals surface area contributed by atoms with E-state index in [4.69, 9.17) is 15.2 Å². The first-order valence-electron chi connectivity index (χ1n) is 6.41. The number of hydrogen-bond acceptors (Lipinski definition) is 3. The summed E-state index contributed by atoms with van der Waals surface area (Å²) in [6, 6.07) is 4.29. The van der Waals surface area contributed by atoms with Crippen molar-refractivity contribution in [3.05, 3.63) is 23.3 Å². The predicted octanol–water partition coefficient (Wildman–Crippen LogP) is 2.57. The Morgan fingerprint density at radius 3 is 2.41 bits per heavy atom. The molecule has 3 nitrogen and oxygen atoms in total. The zero-order valence-electron chi connectivity index (χ0n) is 10.2. The van der Waals surface area contributed by atoms with Crippen LogP contribution in [-0.2, 0) is 0 Å². The SMILES string of the molecule is Cc1cc2c(cc1C(N)C1CCC1)OCCO2. The molecule has 1 aliphatic carbocycles. The molecule has 17 heavy (non-hydrogen) atoms. The summed E-state index contributed by atoms with van der Waals surface area (Å²) in [6.07, 6.45) is 3.84. The van der Waals surface area contributed by atoms with E-state index in [-0.39, 0.29) is 6.04 Å². The van der Waals surface area contributed by atoms with E-state index in [0.717, 1.165) is 11.5 Å². The summed E-state index contributed by atoms with van der Waals surface area (Å²) < 4.78 is 11.2. The van der Waals surface area contributed by atoms with Crippen molar-refractivity contribution in [1.82, 2.24) is 0 Å². The van der Waals surface area contributed by atoms with Crippen LogP contribution in [0.3, 0.4) is 0 Å². The highest BCUT2D eigenvalue weighted by molar-refractivity contribution is 5.48. The van der Waals surface area contributed by atoms with Crippen LogP contribution in [0.2, 0.25) is 0 Å². The first kappa shape index (κ1) is 10.9. The molecule has 0 bridgehead atoms. The summed E-state index contributed by atoms with van der Waals surface area (Å²) in [4.78, 5) is 0. The fraction of sp³-hybridized carbons (Fsp3) is 0.571. The van der Waals surface area contributed by atoms with Gasteiger partial charge >= 0.3 is 0 Å². The Bertz CT molecular complexity index is 426. The topological polar surface area (TPSA) is 44.5 Å². The molecule has 0 amide bonds. The van der Waals surface area contributed by atoms with Gasteiger partial charge < -0.3 is 15.2 Å². The Morgan fingerprint density at radius 1 is 1.18 bits per heavy atom. The van der Waals surface area contributed by atoms with Gasteiger partial charge in [-0.25, -0.2) is 0 Å². The Balaban J connectivity index is 1.92. The largest absolute Gasteiger partial charge is 0.486 e. The Kier molecular flexibility index (Phi) is 2.71. The number of rotatable bonds is 2. The highest BCUT2D eigenvalue weighted by Crippen LogP contribution is 2.41. The lowest BCUT2D eigenvalue weighted by atomic mass is 9.77. The van der Waals surface area contributed by atoms with E-state index in [1.165, 1.54) is 30.4 Å². The van der Waals surface area contributed by atoms with Crippen LogP contribution in [0.1, 0.15) is 36.4 Å². The summed E-state index contributed by atoms with van der Waals surface area (Å²) in [5, 5.41) is 0. The van der Waals surface area contributed by atoms with Gasteiger partial charge in [0, 0.05) is 6.04 Å². The van der Waals surface area contributed by atoms with Crippen LogP contribution in [0.15, 0.2) is 12.1 Å². The minimum atomic E-state index is 0.152. The molecule has 0 spiro atoms. The molecule has 92 valence electrons. The van der Waals surface area contributed by atoms with Crippen molar-refractivity contribution in [2.24, 2.45) is 11.7 Å². The third-order valence-corrected chi connectivity index (χ3v) is 3.95. The number of benzene rings is 1. The molecule has 3 heteroatoms. The van der Waals surface area contributed by atoms with Crippen LogP contribution < -0.4 is 15.2 Å². The third-order valence-electron chi connectivity index (χ3n) is 3.95. The Morgan fingerprint density at radius 2 is 1.82 bits per heavy atom. The molecule has 1 saturated carbocycles. The summed E-state index contributed by atoms with van der Waals surface area (Å²) in [5.74, 6) is 2.36. The minimum absolute atomic E-state index is 0.152. The van der Waals surface area contributed by atoms with Crippen LogP contribution in [0.25, 0.3) is 0 Å². The van der Waals surface area contributed by atoms with Crippen LogP contribution >= 0.6 is 0 Å². The van der Waals surface area contributed by atoms with Gasteiger partial charge in [-0.2, -0.15) is 0 Å². The second kappa shape index (κ2) is 4.22. The van der Waals surface area contributed by atoms with Crippen molar-refractivity contribution >= 4 is 0 Å². The van der Waals surface area contributed by atoms with Crippen molar-refractivity contribution in [3.63, 3.8) is 0 Å². The van der Waals surface area contributed by atoms with Crippen LogP contribution in [0, 0.1) is 12.8 Å². The lowest BCUT2D eigenvalue weighted by molar-refractivity contribution is 0.170. The molecule has 1 aromatic rings. The molecular formula is C14H19NO2. The van der Waals surface area contributed by atoms with Gasteiger partial charge in [-0.05, 0) is 48.9 Å². The van der Waals surface area contributed by atoms with E-state index < -0.39 is 0 Å². The summed E-state index contributed by atoms with van der Waals surface area (Å²) >= 11 is 0. The van der Waals surface area contributed by atoms with Crippen molar-refractivity contribution < 1.29 is 9.47 Å². The molecule has 1 aliphatic heterocycles. The van der Waals surface area contributed by atoms with Crippen molar-refractivity contribution in [2.45, 2.75) is 32.2 Å². The van der Waals surface area contributed by atoms with Gasteiger partial charge in [0.15, 0.2) is 11.5 Å². The van der Waals surface area contributed by atoms with Crippen molar-refractivity contribution in [1.29, 1.82) is 0 Å². The molecule has 0 saturated heterocycles. The van der Waals surface area contributed by atoms with Gasteiger partial charge in [0.05, 0.1) is 0 Å². The van der Waals surface area contributed by atoms with E-state index in [0.29, 0.717) is 19.1 Å². The molecular weight excluding hydrogens is 214 g/mol. The Labute approximate surface area is 102 Å². The van der Waals surface area contributed by atoms with Crippen LogP contribution in [0.5, 0.6) is 11.5 Å². The van der Waals surface area contributed by atoms with Gasteiger partial charge in [-0.15, -0.1) is 0 Å². The van der Waals surface area contributed by atoms with Crippen LogP contribution in [0.4, 0.5) is 0 Å². The fourth-order valence-electron chi connectivity index (χ4n) is 2.62. The number of aryl methyl sites for hydroxylation is 1. The van der Waals surface area contributed by atoms with Crippen molar-refractivity contribution in [3.8, 4) is 11.5 Å². The highest BCUT2D eigenvalue weighted by Gasteiger charge is 2.27. The lowest BCUT2D eigenvalue weighted by Crippen LogP contribution is -2.27. The second-order valence-corrected chi connectivity index (χ2v) is 5.07. The summed E-state index contributed by atoms with van der Waals surface area (Å²) in [7, 11) is 0. The summed E-state index contributed by atoms with van der Waals surface area (Å²) in [6.45, 7) is 3.38. The number of ether oxygens (including phenoxy) is 2. The van der Waals surface area contributed by atoms with E-state index >= 15 is 0 Å². The molecule has 2 aliphatic rings. The second-order valence-electron chi connectivity index (χ2n) is 5.07. The molecule has 1 fully saturated rings. The molecule has 0 aromatic heterocycles.